The first-order valence-electron chi connectivity index (χ1n) is 8.72. The van der Waals surface area contributed by atoms with Crippen LogP contribution in [0, 0.1) is 0 Å². The van der Waals surface area contributed by atoms with Gasteiger partial charge in [0.2, 0.25) is 0 Å². The quantitative estimate of drug-likeness (QED) is 0.361. The first-order valence-corrected chi connectivity index (χ1v) is 8.72. The molecule has 1 aromatic rings. The number of nitrogens with one attached hydrogen (secondary N) is 2. The number of aryl methyl sites for hydroxylation is 2. The molecule has 0 aliphatic rings. The molecule has 1 heterocycles. The molecule has 0 bridgehead atoms. The Morgan fingerprint density at radius 3 is 2.58 bits per heavy atom. The smallest absolute Gasteiger partial charge is 0.191 e. The van der Waals surface area contributed by atoms with Gasteiger partial charge in [0.05, 0.1) is 18.9 Å². The van der Waals surface area contributed by atoms with E-state index in [2.05, 4.69) is 34.6 Å². The van der Waals surface area contributed by atoms with E-state index < -0.39 is 0 Å². The van der Waals surface area contributed by atoms with Crippen LogP contribution in [0.15, 0.2) is 4.99 Å². The van der Waals surface area contributed by atoms with Crippen LogP contribution in [0.2, 0.25) is 0 Å². The van der Waals surface area contributed by atoms with Gasteiger partial charge in [-0.15, -0.1) is 0 Å². The van der Waals surface area contributed by atoms with Crippen LogP contribution in [-0.4, -0.2) is 56.3 Å². The van der Waals surface area contributed by atoms with Gasteiger partial charge in [0, 0.05) is 52.2 Å². The highest BCUT2D eigenvalue weighted by Crippen LogP contribution is 2.15. The first-order chi connectivity index (χ1) is 11.7. The lowest BCUT2D eigenvalue weighted by Crippen LogP contribution is -2.37. The van der Waals surface area contributed by atoms with Crippen LogP contribution in [0.5, 0.6) is 0 Å². The zero-order valence-electron chi connectivity index (χ0n) is 15.8. The molecule has 1 aromatic heterocycles. The van der Waals surface area contributed by atoms with Crippen LogP contribution in [0.4, 0.5) is 0 Å². The molecule has 0 unspecified atom stereocenters. The molecule has 1 rings (SSSR count). The number of hydrogen-bond donors (Lipinski definition) is 2. The lowest BCUT2D eigenvalue weighted by molar-refractivity contribution is 0.0698. The van der Waals surface area contributed by atoms with E-state index in [1.807, 2.05) is 11.7 Å². The largest absolute Gasteiger partial charge is 0.382 e. The Bertz CT molecular complexity index is 499. The number of guanidine groups is 1. The highest BCUT2D eigenvalue weighted by atomic mass is 16.5. The molecular formula is C17H33N5O2. The Morgan fingerprint density at radius 1 is 1.17 bits per heavy atom. The predicted octanol–water partition coefficient (Wildman–Crippen LogP) is 1.26. The van der Waals surface area contributed by atoms with Crippen molar-refractivity contribution < 1.29 is 9.47 Å². The minimum atomic E-state index is 0.640. The molecule has 0 aliphatic heterocycles. The number of aromatic nitrogens is 2. The second-order valence-corrected chi connectivity index (χ2v) is 5.51. The lowest BCUT2D eigenvalue weighted by atomic mass is 10.1. The van der Waals surface area contributed by atoms with Crippen LogP contribution >= 0.6 is 0 Å². The average Bonchev–Trinajstić information content (AvgIpc) is 2.91. The van der Waals surface area contributed by atoms with Gasteiger partial charge in [0.1, 0.15) is 0 Å². The maximum absolute atomic E-state index is 5.45. The van der Waals surface area contributed by atoms with Crippen molar-refractivity contribution in [3.63, 3.8) is 0 Å². The Hall–Kier alpha value is -1.60. The third-order valence-corrected chi connectivity index (χ3v) is 3.87. The van der Waals surface area contributed by atoms with E-state index in [1.54, 1.807) is 14.2 Å². The fraction of sp³-hybridized carbons (Fsp3) is 0.765. The SMILES string of the molecule is CCc1nn(C)c(CC)c1CNC(=NC)NCCCOCCOC. The lowest BCUT2D eigenvalue weighted by Gasteiger charge is -2.13. The normalized spacial score (nSPS) is 11.8. The van der Waals surface area contributed by atoms with Crippen LogP contribution in [0.25, 0.3) is 0 Å². The summed E-state index contributed by atoms with van der Waals surface area (Å²) in [6.07, 6.45) is 2.85. The zero-order valence-corrected chi connectivity index (χ0v) is 15.8. The molecular weight excluding hydrogens is 306 g/mol. The van der Waals surface area contributed by atoms with E-state index in [4.69, 9.17) is 9.47 Å². The molecule has 0 spiro atoms. The summed E-state index contributed by atoms with van der Waals surface area (Å²) in [6, 6.07) is 0. The Kier molecular flexibility index (Phi) is 10.1. The third-order valence-electron chi connectivity index (χ3n) is 3.87. The van der Waals surface area contributed by atoms with Crippen LogP contribution in [0.1, 0.15) is 37.2 Å². The summed E-state index contributed by atoms with van der Waals surface area (Å²) in [4.78, 5) is 4.27. The van der Waals surface area contributed by atoms with E-state index in [9.17, 15) is 0 Å². The van der Waals surface area contributed by atoms with Crippen LogP contribution < -0.4 is 10.6 Å². The Balaban J connectivity index is 2.39. The predicted molar refractivity (Wildman–Crippen MR) is 97.5 cm³/mol. The van der Waals surface area contributed by atoms with Crippen LogP contribution in [-0.2, 0) is 35.9 Å². The van der Waals surface area contributed by atoms with Crippen LogP contribution in [0.3, 0.4) is 0 Å². The van der Waals surface area contributed by atoms with Gasteiger partial charge >= 0.3 is 0 Å². The molecule has 0 saturated carbocycles. The summed E-state index contributed by atoms with van der Waals surface area (Å²) < 4.78 is 12.4. The average molecular weight is 339 g/mol. The van der Waals surface area contributed by atoms with E-state index >= 15 is 0 Å². The number of ether oxygens (including phenoxy) is 2. The standard InChI is InChI=1S/C17H33N5O2/c1-6-15-14(16(7-2)22(4)21-15)13-20-17(18-3)19-9-8-10-24-12-11-23-5/h6-13H2,1-5H3,(H2,18,19,20). The van der Waals surface area contributed by atoms with Crippen molar-refractivity contribution in [3.8, 4) is 0 Å². The topological polar surface area (TPSA) is 72.7 Å². The molecule has 138 valence electrons. The van der Waals surface area contributed by atoms with E-state index in [-0.39, 0.29) is 0 Å². The summed E-state index contributed by atoms with van der Waals surface area (Å²) in [5.41, 5.74) is 3.72. The van der Waals surface area contributed by atoms with Gasteiger partial charge < -0.3 is 20.1 Å². The van der Waals surface area contributed by atoms with Crippen molar-refractivity contribution in [1.82, 2.24) is 20.4 Å². The summed E-state index contributed by atoms with van der Waals surface area (Å²) in [5.74, 6) is 0.805. The summed E-state index contributed by atoms with van der Waals surface area (Å²) in [5, 5.41) is 11.3. The molecule has 0 atom stereocenters. The van der Waals surface area contributed by atoms with Gasteiger partial charge in [-0.2, -0.15) is 5.10 Å². The fourth-order valence-corrected chi connectivity index (χ4v) is 2.61. The maximum Gasteiger partial charge on any atom is 0.191 e. The van der Waals surface area contributed by atoms with Crippen molar-refractivity contribution >= 4 is 5.96 Å². The molecule has 7 nitrogen and oxygen atoms in total. The number of hydrogen-bond acceptors (Lipinski definition) is 4. The van der Waals surface area contributed by atoms with Crippen molar-refractivity contribution in [2.24, 2.45) is 12.0 Å². The summed E-state index contributed by atoms with van der Waals surface area (Å²) in [6.45, 7) is 7.87. The van der Waals surface area contributed by atoms with Gasteiger partial charge in [-0.1, -0.05) is 13.8 Å². The molecule has 0 aliphatic carbocycles. The van der Waals surface area contributed by atoms with E-state index in [0.717, 1.165) is 50.6 Å². The third kappa shape index (κ3) is 6.49. The summed E-state index contributed by atoms with van der Waals surface area (Å²) in [7, 11) is 5.48. The maximum atomic E-state index is 5.45. The zero-order chi connectivity index (χ0) is 17.8. The van der Waals surface area contributed by atoms with Crippen molar-refractivity contribution in [3.05, 3.63) is 17.0 Å². The van der Waals surface area contributed by atoms with Crippen molar-refractivity contribution in [2.45, 2.75) is 39.7 Å². The second-order valence-electron chi connectivity index (χ2n) is 5.51. The molecule has 2 N–H and O–H groups in total. The highest BCUT2D eigenvalue weighted by Gasteiger charge is 2.13. The molecule has 0 saturated heterocycles. The van der Waals surface area contributed by atoms with Gasteiger partial charge in [-0.05, 0) is 19.3 Å². The van der Waals surface area contributed by atoms with Crippen molar-refractivity contribution in [1.29, 1.82) is 0 Å². The summed E-state index contributed by atoms with van der Waals surface area (Å²) >= 11 is 0. The molecule has 0 fully saturated rings. The highest BCUT2D eigenvalue weighted by molar-refractivity contribution is 5.79. The molecule has 24 heavy (non-hydrogen) atoms. The number of methoxy groups -OCH3 is 1. The second kappa shape index (κ2) is 11.9. The molecule has 0 aromatic carbocycles. The minimum Gasteiger partial charge on any atom is -0.382 e. The fourth-order valence-electron chi connectivity index (χ4n) is 2.61. The number of nitrogens with zero attached hydrogens (tertiary/aromatic N) is 3. The molecule has 7 heteroatoms. The van der Waals surface area contributed by atoms with Gasteiger partial charge in [0.15, 0.2) is 5.96 Å². The van der Waals surface area contributed by atoms with Crippen molar-refractivity contribution in [2.75, 3.05) is 40.5 Å². The number of rotatable bonds is 11. The number of aliphatic imine (C=N–C) groups is 1. The Labute approximate surface area is 145 Å². The Morgan fingerprint density at radius 2 is 1.96 bits per heavy atom. The first kappa shape index (κ1) is 20.4. The monoisotopic (exact) mass is 339 g/mol. The minimum absolute atomic E-state index is 0.640. The van der Waals surface area contributed by atoms with Gasteiger partial charge in [0.25, 0.3) is 0 Å². The van der Waals surface area contributed by atoms with E-state index in [0.29, 0.717) is 13.2 Å². The van der Waals surface area contributed by atoms with E-state index in [1.165, 1.54) is 11.3 Å². The van der Waals surface area contributed by atoms with Gasteiger partial charge in [-0.3, -0.25) is 9.67 Å². The van der Waals surface area contributed by atoms with Gasteiger partial charge in [-0.25, -0.2) is 0 Å². The molecule has 0 radical (unpaired) electrons. The molecule has 0 amide bonds.